The van der Waals surface area contributed by atoms with Crippen LogP contribution in [0.3, 0.4) is 0 Å². The summed E-state index contributed by atoms with van der Waals surface area (Å²) in [5, 5.41) is 4.35. The smallest absolute Gasteiger partial charge is 0.357 e. The van der Waals surface area contributed by atoms with Crippen molar-refractivity contribution in [3.63, 3.8) is 0 Å². The third-order valence-electron chi connectivity index (χ3n) is 4.92. The molecule has 27 heavy (non-hydrogen) atoms. The predicted molar refractivity (Wildman–Crippen MR) is 106 cm³/mol. The number of amides is 2. The zero-order valence-electron chi connectivity index (χ0n) is 14.9. The van der Waals surface area contributed by atoms with Crippen LogP contribution in [-0.2, 0) is 17.9 Å². The van der Waals surface area contributed by atoms with Crippen LogP contribution in [0, 0.1) is 3.70 Å². The summed E-state index contributed by atoms with van der Waals surface area (Å²) in [6.07, 6.45) is 0. The lowest BCUT2D eigenvalue weighted by molar-refractivity contribution is -0.159. The van der Waals surface area contributed by atoms with Gasteiger partial charge in [-0.3, -0.25) is 0 Å². The Kier molecular flexibility index (Phi) is 5.04. The van der Waals surface area contributed by atoms with E-state index in [1.807, 2.05) is 18.2 Å². The first kappa shape index (κ1) is 18.2. The highest BCUT2D eigenvalue weighted by molar-refractivity contribution is 14.1. The summed E-state index contributed by atoms with van der Waals surface area (Å²) in [5.74, 6) is 0.898. The van der Waals surface area contributed by atoms with Crippen LogP contribution in [0.4, 0.5) is 4.79 Å². The summed E-state index contributed by atoms with van der Waals surface area (Å²) in [6.45, 7) is 3.21. The van der Waals surface area contributed by atoms with Gasteiger partial charge in [0.1, 0.15) is 9.53 Å². The Morgan fingerprint density at radius 2 is 1.96 bits per heavy atom. The monoisotopic (exact) mass is 481 g/mol. The van der Waals surface area contributed by atoms with Gasteiger partial charge in [0.15, 0.2) is 0 Å². The van der Waals surface area contributed by atoms with Crippen molar-refractivity contribution in [2.24, 2.45) is 0 Å². The molecule has 142 valence electrons. The second kappa shape index (κ2) is 7.47. The summed E-state index contributed by atoms with van der Waals surface area (Å²) < 4.78 is 3.14. The van der Waals surface area contributed by atoms with E-state index in [0.29, 0.717) is 31.7 Å². The number of nitrogens with zero attached hydrogens (tertiary/aromatic N) is 4. The first-order valence-electron chi connectivity index (χ1n) is 8.80. The molecule has 2 aromatic rings. The minimum Gasteiger partial charge on any atom is -0.364 e. The lowest BCUT2D eigenvalue weighted by Crippen LogP contribution is -2.48. The van der Waals surface area contributed by atoms with Gasteiger partial charge in [0.2, 0.25) is 0 Å². The number of benzene rings is 1. The van der Waals surface area contributed by atoms with Crippen LogP contribution in [0.25, 0.3) is 0 Å². The zero-order valence-corrected chi connectivity index (χ0v) is 17.0. The quantitative estimate of drug-likeness (QED) is 0.677. The highest BCUT2D eigenvalue weighted by Crippen LogP contribution is 2.31. The highest BCUT2D eigenvalue weighted by Gasteiger charge is 2.37. The third kappa shape index (κ3) is 3.53. The van der Waals surface area contributed by atoms with Crippen molar-refractivity contribution in [3.05, 3.63) is 51.1 Å². The standard InChI is InChI=1S/C18H20IN5O3/c1-20-18(26)22-7-8-24-14(11-22)15(19)21-16(24)13-9-23(10-13)27-17(25)12-5-3-2-4-6-12/h2-6,13H,7-11H2,1H3,(H,20,26). The van der Waals surface area contributed by atoms with Gasteiger partial charge in [-0.15, -0.1) is 5.06 Å². The Hall–Kier alpha value is -2.14. The van der Waals surface area contributed by atoms with Gasteiger partial charge in [-0.2, -0.15) is 0 Å². The molecule has 1 aromatic heterocycles. The summed E-state index contributed by atoms with van der Waals surface area (Å²) in [6, 6.07) is 8.91. The van der Waals surface area contributed by atoms with Crippen LogP contribution in [-0.4, -0.2) is 58.2 Å². The Labute approximate surface area is 170 Å². The molecule has 0 radical (unpaired) electrons. The van der Waals surface area contributed by atoms with Crippen molar-refractivity contribution in [1.29, 1.82) is 0 Å². The first-order chi connectivity index (χ1) is 13.1. The van der Waals surface area contributed by atoms with E-state index in [9.17, 15) is 9.59 Å². The molecule has 1 fully saturated rings. The van der Waals surface area contributed by atoms with Gasteiger partial charge in [-0.25, -0.2) is 14.6 Å². The molecule has 2 amide bonds. The Bertz CT molecular complexity index is 863. The largest absolute Gasteiger partial charge is 0.364 e. The molecule has 0 atom stereocenters. The van der Waals surface area contributed by atoms with Gasteiger partial charge in [0.05, 0.1) is 17.8 Å². The molecule has 1 saturated heterocycles. The normalized spacial score (nSPS) is 17.2. The minimum atomic E-state index is -0.338. The average molecular weight is 481 g/mol. The predicted octanol–water partition coefficient (Wildman–Crippen LogP) is 1.81. The Morgan fingerprint density at radius 3 is 2.67 bits per heavy atom. The fourth-order valence-corrected chi connectivity index (χ4v) is 4.13. The lowest BCUT2D eigenvalue weighted by Gasteiger charge is -2.37. The van der Waals surface area contributed by atoms with Gasteiger partial charge in [-0.1, -0.05) is 18.2 Å². The maximum Gasteiger partial charge on any atom is 0.357 e. The van der Waals surface area contributed by atoms with Crippen LogP contribution in [0.15, 0.2) is 30.3 Å². The molecule has 1 N–H and O–H groups in total. The zero-order chi connectivity index (χ0) is 19.0. The number of imidazole rings is 1. The van der Waals surface area contributed by atoms with Crippen molar-refractivity contribution in [2.75, 3.05) is 26.7 Å². The van der Waals surface area contributed by atoms with E-state index in [1.165, 1.54) is 0 Å². The van der Waals surface area contributed by atoms with Gasteiger partial charge in [0, 0.05) is 39.1 Å². The van der Waals surface area contributed by atoms with E-state index in [2.05, 4.69) is 32.5 Å². The van der Waals surface area contributed by atoms with Crippen molar-refractivity contribution in [2.45, 2.75) is 19.0 Å². The van der Waals surface area contributed by atoms with Crippen LogP contribution in [0.1, 0.15) is 27.8 Å². The molecular formula is C18H20IN5O3. The second-order valence-corrected chi connectivity index (χ2v) is 7.65. The summed E-state index contributed by atoms with van der Waals surface area (Å²) in [5.41, 5.74) is 1.61. The van der Waals surface area contributed by atoms with Gasteiger partial charge < -0.3 is 19.6 Å². The van der Waals surface area contributed by atoms with Crippen molar-refractivity contribution < 1.29 is 14.4 Å². The number of rotatable bonds is 3. The molecule has 0 saturated carbocycles. The summed E-state index contributed by atoms with van der Waals surface area (Å²) >= 11 is 2.23. The van der Waals surface area contributed by atoms with E-state index in [4.69, 9.17) is 9.82 Å². The number of hydrogen-bond acceptors (Lipinski definition) is 5. The van der Waals surface area contributed by atoms with E-state index in [1.54, 1.807) is 29.1 Å². The maximum atomic E-state index is 12.1. The molecule has 0 spiro atoms. The van der Waals surface area contributed by atoms with Crippen molar-refractivity contribution in [3.8, 4) is 0 Å². The number of carbonyl (C=O) groups excluding carboxylic acids is 2. The molecule has 3 heterocycles. The molecule has 2 aliphatic heterocycles. The van der Waals surface area contributed by atoms with Gasteiger partial charge in [-0.05, 0) is 34.7 Å². The van der Waals surface area contributed by atoms with Gasteiger partial charge in [0.25, 0.3) is 0 Å². The molecular weight excluding hydrogens is 461 g/mol. The topological polar surface area (TPSA) is 79.7 Å². The number of urea groups is 1. The first-order valence-corrected chi connectivity index (χ1v) is 9.88. The van der Waals surface area contributed by atoms with Crippen molar-refractivity contribution in [1.82, 2.24) is 24.8 Å². The summed E-state index contributed by atoms with van der Waals surface area (Å²) in [4.78, 5) is 36.0. The molecule has 0 aliphatic carbocycles. The SMILES string of the molecule is CNC(=O)N1CCn2c(C3CN(OC(=O)c4ccccc4)C3)nc(I)c2C1. The van der Waals surface area contributed by atoms with Crippen LogP contribution >= 0.6 is 22.6 Å². The lowest BCUT2D eigenvalue weighted by atomic mass is 10.0. The number of hydroxylamine groups is 2. The van der Waals surface area contributed by atoms with E-state index < -0.39 is 0 Å². The van der Waals surface area contributed by atoms with E-state index in [-0.39, 0.29) is 17.9 Å². The molecule has 1 aromatic carbocycles. The molecule has 4 rings (SSSR count). The maximum absolute atomic E-state index is 12.1. The number of halogens is 1. The molecule has 0 bridgehead atoms. The number of hydrogen-bond donors (Lipinski definition) is 1. The number of carbonyl (C=O) groups is 2. The molecule has 2 aliphatic rings. The van der Waals surface area contributed by atoms with E-state index in [0.717, 1.165) is 21.8 Å². The van der Waals surface area contributed by atoms with Crippen molar-refractivity contribution >= 4 is 34.6 Å². The number of aromatic nitrogens is 2. The number of fused-ring (bicyclic) bond motifs is 1. The molecule has 9 heteroatoms. The Morgan fingerprint density at radius 1 is 1.22 bits per heavy atom. The fraction of sp³-hybridized carbons (Fsp3) is 0.389. The van der Waals surface area contributed by atoms with Crippen LogP contribution in [0.2, 0.25) is 0 Å². The molecule has 0 unspecified atom stereocenters. The van der Waals surface area contributed by atoms with E-state index >= 15 is 0 Å². The molecule has 8 nitrogen and oxygen atoms in total. The Balaban J connectivity index is 1.39. The summed E-state index contributed by atoms with van der Waals surface area (Å²) in [7, 11) is 1.64. The third-order valence-corrected chi connectivity index (χ3v) is 5.79. The fourth-order valence-electron chi connectivity index (χ4n) is 3.42. The van der Waals surface area contributed by atoms with Crippen LogP contribution < -0.4 is 5.32 Å². The van der Waals surface area contributed by atoms with Gasteiger partial charge >= 0.3 is 12.0 Å². The highest BCUT2D eigenvalue weighted by atomic mass is 127. The van der Waals surface area contributed by atoms with Crippen LogP contribution in [0.5, 0.6) is 0 Å². The minimum absolute atomic E-state index is 0.0672. The second-order valence-electron chi connectivity index (χ2n) is 6.62. The number of nitrogens with one attached hydrogen (secondary N) is 1. The average Bonchev–Trinajstić information content (AvgIpc) is 2.99.